The maximum atomic E-state index is 3.97. The standard InChI is InChI=1S/C20H31N/c1-20(2,3)17-12-6-7-13-19(17)21-18-14-8-10-15-9-4-5-11-16(15)18/h8,10,14,17,19,21H,4-7,9,11-13H2,1-3H3. The predicted molar refractivity (Wildman–Crippen MR) is 91.9 cm³/mol. The van der Waals surface area contributed by atoms with Crippen LogP contribution in [-0.2, 0) is 12.8 Å². The van der Waals surface area contributed by atoms with Crippen LogP contribution in [0.3, 0.4) is 0 Å². The fraction of sp³-hybridized carbons (Fsp3) is 0.700. The average molecular weight is 285 g/mol. The second-order valence-corrected chi connectivity index (χ2v) is 8.16. The Balaban J connectivity index is 1.82. The van der Waals surface area contributed by atoms with Crippen molar-refractivity contribution in [3.63, 3.8) is 0 Å². The summed E-state index contributed by atoms with van der Waals surface area (Å²) in [5.41, 5.74) is 5.05. The van der Waals surface area contributed by atoms with Gasteiger partial charge in [0.1, 0.15) is 0 Å². The van der Waals surface area contributed by atoms with Gasteiger partial charge in [-0.1, -0.05) is 45.7 Å². The molecule has 1 N–H and O–H groups in total. The van der Waals surface area contributed by atoms with Gasteiger partial charge in [0.15, 0.2) is 0 Å². The zero-order chi connectivity index (χ0) is 14.9. The second-order valence-electron chi connectivity index (χ2n) is 8.16. The first-order chi connectivity index (χ1) is 10.1. The Bertz CT molecular complexity index is 483. The van der Waals surface area contributed by atoms with E-state index in [1.807, 2.05) is 0 Å². The van der Waals surface area contributed by atoms with E-state index in [1.165, 1.54) is 57.1 Å². The molecular weight excluding hydrogens is 254 g/mol. The smallest absolute Gasteiger partial charge is 0.0377 e. The van der Waals surface area contributed by atoms with Crippen LogP contribution in [0.1, 0.15) is 70.4 Å². The van der Waals surface area contributed by atoms with Gasteiger partial charge >= 0.3 is 0 Å². The fourth-order valence-corrected chi connectivity index (χ4v) is 4.46. The van der Waals surface area contributed by atoms with E-state index < -0.39 is 0 Å². The normalized spacial score (nSPS) is 26.2. The van der Waals surface area contributed by atoms with Crippen molar-refractivity contribution in [3.05, 3.63) is 29.3 Å². The van der Waals surface area contributed by atoms with Gasteiger partial charge in [-0.3, -0.25) is 0 Å². The highest BCUT2D eigenvalue weighted by Crippen LogP contribution is 2.40. The van der Waals surface area contributed by atoms with Gasteiger partial charge in [-0.25, -0.2) is 0 Å². The molecule has 2 aliphatic carbocycles. The molecule has 0 amide bonds. The third kappa shape index (κ3) is 3.27. The molecule has 21 heavy (non-hydrogen) atoms. The van der Waals surface area contributed by atoms with Crippen LogP contribution in [0.5, 0.6) is 0 Å². The maximum Gasteiger partial charge on any atom is 0.0377 e. The quantitative estimate of drug-likeness (QED) is 0.747. The number of anilines is 1. The SMILES string of the molecule is CC(C)(C)C1CCCCC1Nc1cccc2c1CCCC2. The predicted octanol–water partition coefficient (Wildman–Crippen LogP) is 5.58. The van der Waals surface area contributed by atoms with Gasteiger partial charge in [-0.2, -0.15) is 0 Å². The molecule has 1 nitrogen and oxygen atoms in total. The van der Waals surface area contributed by atoms with E-state index in [0.717, 1.165) is 5.92 Å². The van der Waals surface area contributed by atoms with Crippen molar-refractivity contribution in [2.45, 2.75) is 78.2 Å². The molecule has 1 saturated carbocycles. The molecule has 0 saturated heterocycles. The van der Waals surface area contributed by atoms with Crippen molar-refractivity contribution in [2.24, 2.45) is 11.3 Å². The molecule has 0 heterocycles. The van der Waals surface area contributed by atoms with E-state index in [0.29, 0.717) is 11.5 Å². The lowest BCUT2D eigenvalue weighted by Crippen LogP contribution is -2.40. The van der Waals surface area contributed by atoms with E-state index in [1.54, 1.807) is 11.1 Å². The molecule has 1 heteroatoms. The number of rotatable bonds is 2. The zero-order valence-electron chi connectivity index (χ0n) is 14.0. The highest BCUT2D eigenvalue weighted by molar-refractivity contribution is 5.56. The summed E-state index contributed by atoms with van der Waals surface area (Å²) in [4.78, 5) is 0. The van der Waals surface area contributed by atoms with Gasteiger partial charge in [0.25, 0.3) is 0 Å². The molecule has 1 fully saturated rings. The van der Waals surface area contributed by atoms with E-state index in [9.17, 15) is 0 Å². The van der Waals surface area contributed by atoms with Crippen LogP contribution < -0.4 is 5.32 Å². The van der Waals surface area contributed by atoms with Gasteiger partial charge in [-0.15, -0.1) is 0 Å². The van der Waals surface area contributed by atoms with Crippen LogP contribution in [0.15, 0.2) is 18.2 Å². The molecule has 0 radical (unpaired) electrons. The van der Waals surface area contributed by atoms with Gasteiger partial charge in [0.2, 0.25) is 0 Å². The molecular formula is C20H31N. The summed E-state index contributed by atoms with van der Waals surface area (Å²) in [6.07, 6.45) is 10.8. The molecule has 2 aliphatic rings. The summed E-state index contributed by atoms with van der Waals surface area (Å²) in [5.74, 6) is 0.797. The monoisotopic (exact) mass is 285 g/mol. The van der Waals surface area contributed by atoms with Crippen LogP contribution >= 0.6 is 0 Å². The van der Waals surface area contributed by atoms with Crippen LogP contribution in [0, 0.1) is 11.3 Å². The van der Waals surface area contributed by atoms with Crippen molar-refractivity contribution in [1.29, 1.82) is 0 Å². The first-order valence-electron chi connectivity index (χ1n) is 8.93. The Hall–Kier alpha value is -0.980. The van der Waals surface area contributed by atoms with Crippen LogP contribution in [0.25, 0.3) is 0 Å². The van der Waals surface area contributed by atoms with Crippen LogP contribution in [0.2, 0.25) is 0 Å². The van der Waals surface area contributed by atoms with Gasteiger partial charge in [0, 0.05) is 11.7 Å². The molecule has 0 aliphatic heterocycles. The van der Waals surface area contributed by atoms with Gasteiger partial charge < -0.3 is 5.32 Å². The van der Waals surface area contributed by atoms with Crippen molar-refractivity contribution in [3.8, 4) is 0 Å². The molecule has 116 valence electrons. The van der Waals surface area contributed by atoms with E-state index in [2.05, 4.69) is 44.3 Å². The van der Waals surface area contributed by atoms with Crippen molar-refractivity contribution in [1.82, 2.24) is 0 Å². The van der Waals surface area contributed by atoms with Gasteiger partial charge in [-0.05, 0) is 67.1 Å². The summed E-state index contributed by atoms with van der Waals surface area (Å²) in [6, 6.07) is 7.56. The Kier molecular flexibility index (Phi) is 4.28. The topological polar surface area (TPSA) is 12.0 Å². The Morgan fingerprint density at radius 1 is 0.952 bits per heavy atom. The summed E-state index contributed by atoms with van der Waals surface area (Å²) in [5, 5.41) is 3.97. The van der Waals surface area contributed by atoms with Crippen molar-refractivity contribution < 1.29 is 0 Å². The fourth-order valence-electron chi connectivity index (χ4n) is 4.46. The minimum atomic E-state index is 0.410. The summed E-state index contributed by atoms with van der Waals surface area (Å²) in [7, 11) is 0. The lowest BCUT2D eigenvalue weighted by Gasteiger charge is -2.41. The highest BCUT2D eigenvalue weighted by Gasteiger charge is 2.34. The molecule has 0 spiro atoms. The minimum Gasteiger partial charge on any atom is -0.382 e. The number of hydrogen-bond donors (Lipinski definition) is 1. The Labute approximate surface area is 130 Å². The molecule has 1 aromatic rings. The molecule has 0 bridgehead atoms. The molecule has 3 rings (SSSR count). The molecule has 1 aromatic carbocycles. The number of aryl methyl sites for hydroxylation is 1. The third-order valence-electron chi connectivity index (χ3n) is 5.62. The molecule has 0 aromatic heterocycles. The maximum absolute atomic E-state index is 3.97. The second kappa shape index (κ2) is 6.02. The molecule has 2 unspecified atom stereocenters. The van der Waals surface area contributed by atoms with E-state index in [4.69, 9.17) is 0 Å². The highest BCUT2D eigenvalue weighted by atomic mass is 14.9. The Morgan fingerprint density at radius 3 is 2.52 bits per heavy atom. The Morgan fingerprint density at radius 2 is 1.71 bits per heavy atom. The summed E-state index contributed by atoms with van der Waals surface area (Å²) < 4.78 is 0. The van der Waals surface area contributed by atoms with E-state index in [-0.39, 0.29) is 0 Å². The number of hydrogen-bond acceptors (Lipinski definition) is 1. The zero-order valence-corrected chi connectivity index (χ0v) is 14.0. The number of nitrogens with one attached hydrogen (secondary N) is 1. The van der Waals surface area contributed by atoms with Crippen LogP contribution in [0.4, 0.5) is 5.69 Å². The van der Waals surface area contributed by atoms with Crippen molar-refractivity contribution >= 4 is 5.69 Å². The largest absolute Gasteiger partial charge is 0.382 e. The third-order valence-corrected chi connectivity index (χ3v) is 5.62. The number of benzene rings is 1. The average Bonchev–Trinajstić information content (AvgIpc) is 2.47. The lowest BCUT2D eigenvalue weighted by molar-refractivity contribution is 0.163. The van der Waals surface area contributed by atoms with E-state index >= 15 is 0 Å². The lowest BCUT2D eigenvalue weighted by atomic mass is 9.69. The molecule has 2 atom stereocenters. The first-order valence-corrected chi connectivity index (χ1v) is 8.93. The minimum absolute atomic E-state index is 0.410. The van der Waals surface area contributed by atoms with Crippen LogP contribution in [-0.4, -0.2) is 6.04 Å². The summed E-state index contributed by atoms with van der Waals surface area (Å²) in [6.45, 7) is 7.24. The summed E-state index contributed by atoms with van der Waals surface area (Å²) >= 11 is 0. The number of fused-ring (bicyclic) bond motifs is 1. The first kappa shape index (κ1) is 14.9. The van der Waals surface area contributed by atoms with Gasteiger partial charge in [0.05, 0.1) is 0 Å². The van der Waals surface area contributed by atoms with Crippen molar-refractivity contribution in [2.75, 3.05) is 5.32 Å².